The van der Waals surface area contributed by atoms with E-state index in [0.717, 1.165) is 25.6 Å². The van der Waals surface area contributed by atoms with Crippen molar-refractivity contribution in [3.05, 3.63) is 0 Å². The third-order valence-corrected chi connectivity index (χ3v) is 5.09. The highest BCUT2D eigenvalue weighted by molar-refractivity contribution is 5.03. The zero-order valence-corrected chi connectivity index (χ0v) is 12.7. The summed E-state index contributed by atoms with van der Waals surface area (Å²) in [5.74, 6) is 1.49. The van der Waals surface area contributed by atoms with E-state index < -0.39 is 0 Å². The summed E-state index contributed by atoms with van der Waals surface area (Å²) in [5.41, 5.74) is -0.114. The van der Waals surface area contributed by atoms with Crippen molar-refractivity contribution in [3.63, 3.8) is 0 Å². The van der Waals surface area contributed by atoms with E-state index in [4.69, 9.17) is 4.74 Å². The number of likely N-dealkylation sites (N-methyl/N-ethyl adjacent to an activating group) is 1. The quantitative estimate of drug-likeness (QED) is 0.624. The zero-order valence-electron chi connectivity index (χ0n) is 12.7. The molecule has 4 heteroatoms. The van der Waals surface area contributed by atoms with Crippen LogP contribution in [0.15, 0.2) is 0 Å². The van der Waals surface area contributed by atoms with Crippen molar-refractivity contribution in [2.75, 3.05) is 40.5 Å². The van der Waals surface area contributed by atoms with Gasteiger partial charge in [0.15, 0.2) is 0 Å². The molecule has 2 rings (SSSR count). The Labute approximate surface area is 117 Å². The van der Waals surface area contributed by atoms with Gasteiger partial charge in [0.1, 0.15) is 0 Å². The maximum Gasteiger partial charge on any atom is 0.0628 e. The molecule has 2 fully saturated rings. The second-order valence-corrected chi connectivity index (χ2v) is 6.38. The van der Waals surface area contributed by atoms with Crippen LogP contribution in [-0.2, 0) is 4.74 Å². The summed E-state index contributed by atoms with van der Waals surface area (Å²) in [6.45, 7) is 5.23. The van der Waals surface area contributed by atoms with Crippen molar-refractivity contribution in [2.45, 2.75) is 44.2 Å². The van der Waals surface area contributed by atoms with Gasteiger partial charge in [-0.05, 0) is 51.5 Å². The maximum atomic E-state index is 9.88. The molecule has 2 aliphatic carbocycles. The molecular weight excluding hydrogens is 240 g/mol. The lowest BCUT2D eigenvalue weighted by atomic mass is 9.92. The SMILES string of the molecule is CNC(CO)(CN(CCOC)C(C)C1CC1)C1CC1. The summed E-state index contributed by atoms with van der Waals surface area (Å²) in [6.07, 6.45) is 5.22. The molecule has 0 heterocycles. The van der Waals surface area contributed by atoms with Crippen molar-refractivity contribution in [1.29, 1.82) is 0 Å². The van der Waals surface area contributed by atoms with Crippen LogP contribution in [0.3, 0.4) is 0 Å². The maximum absolute atomic E-state index is 9.88. The molecule has 2 aliphatic rings. The summed E-state index contributed by atoms with van der Waals surface area (Å²) in [5, 5.41) is 13.3. The van der Waals surface area contributed by atoms with Gasteiger partial charge in [0.25, 0.3) is 0 Å². The van der Waals surface area contributed by atoms with Crippen molar-refractivity contribution < 1.29 is 9.84 Å². The van der Waals surface area contributed by atoms with E-state index in [-0.39, 0.29) is 12.1 Å². The molecule has 112 valence electrons. The summed E-state index contributed by atoms with van der Waals surface area (Å²) in [6, 6.07) is 0.605. The summed E-state index contributed by atoms with van der Waals surface area (Å²) in [7, 11) is 3.75. The Hall–Kier alpha value is -0.160. The van der Waals surface area contributed by atoms with Crippen LogP contribution < -0.4 is 5.32 Å². The van der Waals surface area contributed by atoms with Crippen molar-refractivity contribution in [2.24, 2.45) is 11.8 Å². The van der Waals surface area contributed by atoms with Gasteiger partial charge < -0.3 is 15.2 Å². The third-order valence-electron chi connectivity index (χ3n) is 5.09. The fraction of sp³-hybridized carbons (Fsp3) is 1.00. The molecule has 4 nitrogen and oxygen atoms in total. The van der Waals surface area contributed by atoms with Gasteiger partial charge >= 0.3 is 0 Å². The van der Waals surface area contributed by atoms with Gasteiger partial charge in [0.2, 0.25) is 0 Å². The fourth-order valence-electron chi connectivity index (χ4n) is 3.18. The molecule has 0 aromatic heterocycles. The molecule has 19 heavy (non-hydrogen) atoms. The van der Waals surface area contributed by atoms with E-state index >= 15 is 0 Å². The minimum Gasteiger partial charge on any atom is -0.394 e. The van der Waals surface area contributed by atoms with Crippen LogP contribution in [0.4, 0.5) is 0 Å². The lowest BCUT2D eigenvalue weighted by Crippen LogP contribution is -2.58. The largest absolute Gasteiger partial charge is 0.394 e. The molecule has 2 unspecified atom stereocenters. The van der Waals surface area contributed by atoms with Crippen molar-refractivity contribution in [1.82, 2.24) is 10.2 Å². The average Bonchev–Trinajstić information content (AvgIpc) is 3.31. The predicted molar refractivity (Wildman–Crippen MR) is 77.2 cm³/mol. The number of hydrogen-bond acceptors (Lipinski definition) is 4. The first-order chi connectivity index (χ1) is 9.16. The van der Waals surface area contributed by atoms with E-state index in [2.05, 4.69) is 17.1 Å². The molecule has 0 aromatic carbocycles. The molecular formula is C15H30N2O2. The Kier molecular flexibility index (Phi) is 5.23. The van der Waals surface area contributed by atoms with Gasteiger partial charge in [0, 0.05) is 26.2 Å². The lowest BCUT2D eigenvalue weighted by molar-refractivity contribution is 0.0543. The van der Waals surface area contributed by atoms with Gasteiger partial charge in [-0.25, -0.2) is 0 Å². The zero-order chi connectivity index (χ0) is 13.9. The molecule has 0 spiro atoms. The Morgan fingerprint density at radius 1 is 1.37 bits per heavy atom. The van der Waals surface area contributed by atoms with E-state index in [1.165, 1.54) is 25.7 Å². The standard InChI is InChI=1S/C15H30N2O2/c1-12(13-4-5-13)17(8-9-19-3)10-15(11-18,16-2)14-6-7-14/h12-14,16,18H,4-11H2,1-3H3. The molecule has 2 N–H and O–H groups in total. The van der Waals surface area contributed by atoms with Crippen LogP contribution in [0.25, 0.3) is 0 Å². The Morgan fingerprint density at radius 2 is 2.05 bits per heavy atom. The summed E-state index contributed by atoms with van der Waals surface area (Å²) >= 11 is 0. The van der Waals surface area contributed by atoms with Crippen LogP contribution in [0.2, 0.25) is 0 Å². The van der Waals surface area contributed by atoms with Gasteiger partial charge in [-0.3, -0.25) is 4.90 Å². The molecule has 2 saturated carbocycles. The van der Waals surface area contributed by atoms with Crippen LogP contribution in [0.5, 0.6) is 0 Å². The first kappa shape index (κ1) is 15.2. The molecule has 2 atom stereocenters. The van der Waals surface area contributed by atoms with E-state index in [1.54, 1.807) is 7.11 Å². The molecule has 0 amide bonds. The number of aliphatic hydroxyl groups is 1. The van der Waals surface area contributed by atoms with Crippen LogP contribution in [-0.4, -0.2) is 62.0 Å². The molecule has 0 bridgehead atoms. The molecule has 0 radical (unpaired) electrons. The summed E-state index contributed by atoms with van der Waals surface area (Å²) < 4.78 is 5.26. The first-order valence-electron chi connectivity index (χ1n) is 7.69. The van der Waals surface area contributed by atoms with E-state index in [0.29, 0.717) is 12.0 Å². The minimum atomic E-state index is -0.114. The summed E-state index contributed by atoms with van der Waals surface area (Å²) in [4.78, 5) is 2.52. The van der Waals surface area contributed by atoms with Gasteiger partial charge in [-0.15, -0.1) is 0 Å². The number of methoxy groups -OCH3 is 1. The number of aliphatic hydroxyl groups excluding tert-OH is 1. The Bertz CT molecular complexity index is 273. The molecule has 0 saturated heterocycles. The van der Waals surface area contributed by atoms with E-state index in [1.807, 2.05) is 7.05 Å². The third kappa shape index (κ3) is 3.69. The Morgan fingerprint density at radius 3 is 2.47 bits per heavy atom. The number of nitrogens with one attached hydrogen (secondary N) is 1. The first-order valence-corrected chi connectivity index (χ1v) is 7.69. The molecule has 0 aromatic rings. The number of hydrogen-bond donors (Lipinski definition) is 2. The molecule has 0 aliphatic heterocycles. The van der Waals surface area contributed by atoms with Crippen molar-refractivity contribution >= 4 is 0 Å². The van der Waals surface area contributed by atoms with Crippen LogP contribution in [0, 0.1) is 11.8 Å². The van der Waals surface area contributed by atoms with Gasteiger partial charge in [-0.2, -0.15) is 0 Å². The lowest BCUT2D eigenvalue weighted by Gasteiger charge is -2.40. The number of ether oxygens (including phenoxy) is 1. The second kappa shape index (κ2) is 6.53. The average molecular weight is 270 g/mol. The highest BCUT2D eigenvalue weighted by atomic mass is 16.5. The predicted octanol–water partition coefficient (Wildman–Crippen LogP) is 1.09. The van der Waals surface area contributed by atoms with Gasteiger partial charge in [-0.1, -0.05) is 0 Å². The smallest absolute Gasteiger partial charge is 0.0628 e. The monoisotopic (exact) mass is 270 g/mol. The normalized spacial score (nSPS) is 24.5. The van der Waals surface area contributed by atoms with E-state index in [9.17, 15) is 5.11 Å². The van der Waals surface area contributed by atoms with Crippen molar-refractivity contribution in [3.8, 4) is 0 Å². The van der Waals surface area contributed by atoms with Gasteiger partial charge in [0.05, 0.1) is 18.8 Å². The minimum absolute atomic E-state index is 0.114. The van der Waals surface area contributed by atoms with Crippen LogP contribution in [0.1, 0.15) is 32.6 Å². The van der Waals surface area contributed by atoms with Crippen LogP contribution >= 0.6 is 0 Å². The number of rotatable bonds is 10. The fourth-order valence-corrected chi connectivity index (χ4v) is 3.18. The highest BCUT2D eigenvalue weighted by Crippen LogP contribution is 2.41. The number of nitrogens with zero attached hydrogens (tertiary/aromatic N) is 1. The Balaban J connectivity index is 1.99. The second-order valence-electron chi connectivity index (χ2n) is 6.38. The highest BCUT2D eigenvalue weighted by Gasteiger charge is 2.46. The topological polar surface area (TPSA) is 44.7 Å².